The van der Waals surface area contributed by atoms with Crippen LogP contribution in [0.3, 0.4) is 0 Å². The highest BCUT2D eigenvalue weighted by Gasteiger charge is 2.19. The molecule has 132 valence electrons. The van der Waals surface area contributed by atoms with Gasteiger partial charge in [0, 0.05) is 0 Å². The summed E-state index contributed by atoms with van der Waals surface area (Å²) in [7, 11) is 0. The van der Waals surface area contributed by atoms with Crippen molar-refractivity contribution in [2.24, 2.45) is 0 Å². The minimum absolute atomic E-state index is 0.000551. The van der Waals surface area contributed by atoms with E-state index in [9.17, 15) is 14.4 Å². The molecule has 0 saturated carbocycles. The molecule has 1 aromatic carbocycles. The monoisotopic (exact) mass is 384 g/mol. The van der Waals surface area contributed by atoms with Gasteiger partial charge in [-0.1, -0.05) is 35.3 Å². The number of nitrogens with zero attached hydrogens (tertiary/aromatic N) is 2. The zero-order valence-corrected chi connectivity index (χ0v) is 14.9. The first-order valence-electron chi connectivity index (χ1n) is 7.20. The van der Waals surface area contributed by atoms with Crippen molar-refractivity contribution in [3.05, 3.63) is 56.4 Å². The third-order valence-corrected chi connectivity index (χ3v) is 3.67. The number of hydrogen-bond donors (Lipinski definition) is 0. The highest BCUT2D eigenvalue weighted by atomic mass is 35.5. The molecule has 0 spiro atoms. The minimum atomic E-state index is -0.809. The summed E-state index contributed by atoms with van der Waals surface area (Å²) in [5.74, 6) is -1.48. The molecule has 0 amide bonds. The van der Waals surface area contributed by atoms with Gasteiger partial charge in [0.05, 0.1) is 28.6 Å². The van der Waals surface area contributed by atoms with Crippen molar-refractivity contribution in [2.75, 3.05) is 6.61 Å². The van der Waals surface area contributed by atoms with Crippen molar-refractivity contribution < 1.29 is 19.1 Å². The maximum atomic E-state index is 12.3. The number of esters is 2. The van der Waals surface area contributed by atoms with E-state index in [1.165, 1.54) is 18.3 Å². The van der Waals surface area contributed by atoms with Gasteiger partial charge in [-0.3, -0.25) is 4.79 Å². The SMILES string of the molecule is CC(C)OC(=O)COC(=O)c1ccccc1-n1ncc(Cl)c(Cl)c1=O. The van der Waals surface area contributed by atoms with Crippen LogP contribution in [-0.4, -0.2) is 34.4 Å². The van der Waals surface area contributed by atoms with Gasteiger partial charge in [-0.05, 0) is 26.0 Å². The summed E-state index contributed by atoms with van der Waals surface area (Å²) in [6.07, 6.45) is 0.866. The summed E-state index contributed by atoms with van der Waals surface area (Å²) in [6, 6.07) is 6.11. The lowest BCUT2D eigenvalue weighted by Crippen LogP contribution is -2.25. The molecule has 0 fully saturated rings. The molecule has 0 unspecified atom stereocenters. The number of ether oxygens (including phenoxy) is 2. The Balaban J connectivity index is 2.30. The summed E-state index contributed by atoms with van der Waals surface area (Å²) >= 11 is 11.6. The predicted octanol–water partition coefficient (Wildman–Crippen LogP) is 2.65. The van der Waals surface area contributed by atoms with Gasteiger partial charge in [0.15, 0.2) is 6.61 Å². The van der Waals surface area contributed by atoms with Crippen molar-refractivity contribution in [2.45, 2.75) is 20.0 Å². The number of halogens is 2. The molecule has 0 aliphatic rings. The van der Waals surface area contributed by atoms with Crippen LogP contribution in [0.4, 0.5) is 0 Å². The van der Waals surface area contributed by atoms with Crippen LogP contribution in [0.5, 0.6) is 0 Å². The maximum absolute atomic E-state index is 12.3. The van der Waals surface area contributed by atoms with Gasteiger partial charge in [0.1, 0.15) is 5.02 Å². The summed E-state index contributed by atoms with van der Waals surface area (Å²) < 4.78 is 10.7. The fourth-order valence-electron chi connectivity index (χ4n) is 1.91. The summed E-state index contributed by atoms with van der Waals surface area (Å²) in [5, 5.41) is 3.65. The Morgan fingerprint density at radius 1 is 1.24 bits per heavy atom. The van der Waals surface area contributed by atoms with Crippen molar-refractivity contribution in [1.82, 2.24) is 9.78 Å². The van der Waals surface area contributed by atoms with E-state index in [1.54, 1.807) is 26.0 Å². The number of rotatable bonds is 5. The third-order valence-electron chi connectivity index (χ3n) is 2.92. The number of carbonyl (C=O) groups excluding carboxylic acids is 2. The van der Waals surface area contributed by atoms with E-state index in [1.807, 2.05) is 0 Å². The molecule has 1 heterocycles. The molecule has 0 radical (unpaired) electrons. The van der Waals surface area contributed by atoms with Gasteiger partial charge in [-0.25, -0.2) is 9.59 Å². The molecule has 1 aromatic heterocycles. The summed E-state index contributed by atoms with van der Waals surface area (Å²) in [5.41, 5.74) is -0.505. The fraction of sp³-hybridized carbons (Fsp3) is 0.250. The van der Waals surface area contributed by atoms with Crippen molar-refractivity contribution in [3.63, 3.8) is 0 Å². The fourth-order valence-corrected chi connectivity index (χ4v) is 2.17. The van der Waals surface area contributed by atoms with Crippen molar-refractivity contribution in [3.8, 4) is 5.69 Å². The van der Waals surface area contributed by atoms with Crippen molar-refractivity contribution >= 4 is 35.1 Å². The van der Waals surface area contributed by atoms with E-state index >= 15 is 0 Å². The average Bonchev–Trinajstić information content (AvgIpc) is 2.57. The zero-order chi connectivity index (χ0) is 18.6. The Bertz CT molecular complexity index is 864. The van der Waals surface area contributed by atoms with Gasteiger partial charge in [-0.2, -0.15) is 9.78 Å². The van der Waals surface area contributed by atoms with E-state index in [4.69, 9.17) is 32.7 Å². The van der Waals surface area contributed by atoms with E-state index < -0.39 is 24.1 Å². The van der Waals surface area contributed by atoms with Crippen LogP contribution in [0.1, 0.15) is 24.2 Å². The smallest absolute Gasteiger partial charge is 0.344 e. The molecule has 2 aromatic rings. The van der Waals surface area contributed by atoms with Crippen LogP contribution in [0, 0.1) is 0 Å². The minimum Gasteiger partial charge on any atom is -0.460 e. The third kappa shape index (κ3) is 4.58. The van der Waals surface area contributed by atoms with E-state index in [-0.39, 0.29) is 27.4 Å². The summed E-state index contributed by atoms with van der Waals surface area (Å²) in [6.45, 7) is 2.81. The number of aromatic nitrogens is 2. The molecule has 0 aliphatic carbocycles. The lowest BCUT2D eigenvalue weighted by Gasteiger charge is -2.11. The first-order chi connectivity index (χ1) is 11.8. The predicted molar refractivity (Wildman–Crippen MR) is 91.4 cm³/mol. The lowest BCUT2D eigenvalue weighted by molar-refractivity contribution is -0.150. The number of carbonyl (C=O) groups is 2. The first kappa shape index (κ1) is 19.0. The number of hydrogen-bond acceptors (Lipinski definition) is 6. The van der Waals surface area contributed by atoms with Crippen LogP contribution >= 0.6 is 23.2 Å². The van der Waals surface area contributed by atoms with Crippen LogP contribution in [0.2, 0.25) is 10.0 Å². The second-order valence-electron chi connectivity index (χ2n) is 5.16. The highest BCUT2D eigenvalue weighted by Crippen LogP contribution is 2.18. The topological polar surface area (TPSA) is 87.5 Å². The Kier molecular flexibility index (Phi) is 6.17. The maximum Gasteiger partial charge on any atom is 0.344 e. The van der Waals surface area contributed by atoms with Crippen LogP contribution in [-0.2, 0) is 14.3 Å². The lowest BCUT2D eigenvalue weighted by atomic mass is 10.2. The Labute approximate surface area is 153 Å². The molecule has 0 aliphatic heterocycles. The van der Waals surface area contributed by atoms with E-state index in [0.717, 1.165) is 4.68 Å². The molecular formula is C16H14Cl2N2O5. The van der Waals surface area contributed by atoms with Crippen LogP contribution in [0.25, 0.3) is 5.69 Å². The largest absolute Gasteiger partial charge is 0.460 e. The van der Waals surface area contributed by atoms with Gasteiger partial charge in [-0.15, -0.1) is 0 Å². The Morgan fingerprint density at radius 2 is 1.92 bits per heavy atom. The molecular weight excluding hydrogens is 371 g/mol. The molecule has 0 N–H and O–H groups in total. The molecule has 7 nitrogen and oxygen atoms in total. The second-order valence-corrected chi connectivity index (χ2v) is 5.94. The molecule has 0 bridgehead atoms. The molecule has 2 rings (SSSR count). The van der Waals surface area contributed by atoms with Gasteiger partial charge in [0.25, 0.3) is 5.56 Å². The van der Waals surface area contributed by atoms with E-state index in [0.29, 0.717) is 0 Å². The molecule has 0 saturated heterocycles. The number of benzene rings is 1. The van der Waals surface area contributed by atoms with Gasteiger partial charge < -0.3 is 9.47 Å². The van der Waals surface area contributed by atoms with Gasteiger partial charge >= 0.3 is 11.9 Å². The molecule has 25 heavy (non-hydrogen) atoms. The van der Waals surface area contributed by atoms with Crippen molar-refractivity contribution in [1.29, 1.82) is 0 Å². The van der Waals surface area contributed by atoms with Crippen LogP contribution in [0.15, 0.2) is 35.3 Å². The number of para-hydroxylation sites is 1. The standard InChI is InChI=1S/C16H14Cl2N2O5/c1-9(2)25-13(21)8-24-16(23)10-5-3-4-6-12(10)20-15(22)14(18)11(17)7-19-20/h3-7,9H,8H2,1-2H3. The molecule has 0 atom stereocenters. The summed E-state index contributed by atoms with van der Waals surface area (Å²) in [4.78, 5) is 36.0. The zero-order valence-electron chi connectivity index (χ0n) is 13.4. The average molecular weight is 385 g/mol. The van der Waals surface area contributed by atoms with Crippen LogP contribution < -0.4 is 5.56 Å². The molecule has 9 heteroatoms. The Hall–Kier alpha value is -2.38. The quantitative estimate of drug-likeness (QED) is 0.736. The second kappa shape index (κ2) is 8.13. The normalized spacial score (nSPS) is 10.6. The van der Waals surface area contributed by atoms with Gasteiger partial charge in [0.2, 0.25) is 0 Å². The first-order valence-corrected chi connectivity index (χ1v) is 7.96. The highest BCUT2D eigenvalue weighted by molar-refractivity contribution is 6.41. The Morgan fingerprint density at radius 3 is 2.60 bits per heavy atom. The van der Waals surface area contributed by atoms with E-state index in [2.05, 4.69) is 5.10 Å².